The maximum Gasteiger partial charge on any atom is 0.193 e. The molecule has 0 spiro atoms. The third-order valence-electron chi connectivity index (χ3n) is 4.88. The molecule has 1 unspecified atom stereocenters. The predicted octanol–water partition coefficient (Wildman–Crippen LogP) is 4.54. The van der Waals surface area contributed by atoms with E-state index in [9.17, 15) is 0 Å². The highest BCUT2D eigenvalue weighted by Gasteiger charge is 2.19. The first-order valence-electron chi connectivity index (χ1n) is 10.2. The molecule has 1 aliphatic rings. The summed E-state index contributed by atoms with van der Waals surface area (Å²) < 4.78 is 16.8. The molecule has 7 heteroatoms. The second-order valence-electron chi connectivity index (χ2n) is 7.18. The van der Waals surface area contributed by atoms with E-state index < -0.39 is 0 Å². The standard InChI is InChI=1S/C23H31N3O3.HI/c1-4-24-23(26(2)16-19-13-14-28-17-19)25-15-18-9-11-20(12-10-18)29-22-8-6-5-7-21(22)27-3;/h5-12,19H,4,13-17H2,1-3H3,(H,24,25);1H. The van der Waals surface area contributed by atoms with Crippen molar-refractivity contribution in [2.75, 3.05) is 40.5 Å². The fourth-order valence-corrected chi connectivity index (χ4v) is 3.33. The largest absolute Gasteiger partial charge is 0.493 e. The van der Waals surface area contributed by atoms with Crippen molar-refractivity contribution >= 4 is 29.9 Å². The third-order valence-corrected chi connectivity index (χ3v) is 4.88. The van der Waals surface area contributed by atoms with Gasteiger partial charge in [-0.2, -0.15) is 0 Å². The molecule has 30 heavy (non-hydrogen) atoms. The average molecular weight is 525 g/mol. The first kappa shape index (κ1) is 24.3. The molecular weight excluding hydrogens is 493 g/mol. The Hall–Kier alpha value is -2.00. The van der Waals surface area contributed by atoms with E-state index in [4.69, 9.17) is 19.2 Å². The molecular formula is C23H32IN3O3. The van der Waals surface area contributed by atoms with Crippen molar-refractivity contribution in [2.45, 2.75) is 19.9 Å². The number of aliphatic imine (C=N–C) groups is 1. The van der Waals surface area contributed by atoms with E-state index in [1.54, 1.807) is 7.11 Å². The number of nitrogens with one attached hydrogen (secondary N) is 1. The van der Waals surface area contributed by atoms with Gasteiger partial charge in [0.05, 0.1) is 20.3 Å². The zero-order chi connectivity index (χ0) is 20.5. The van der Waals surface area contributed by atoms with Crippen LogP contribution in [0.4, 0.5) is 0 Å². The highest BCUT2D eigenvalue weighted by Crippen LogP contribution is 2.30. The number of ether oxygens (including phenoxy) is 3. The highest BCUT2D eigenvalue weighted by atomic mass is 127. The molecule has 1 fully saturated rings. The van der Waals surface area contributed by atoms with Crippen molar-refractivity contribution in [3.8, 4) is 17.2 Å². The van der Waals surface area contributed by atoms with Gasteiger partial charge in [0.25, 0.3) is 0 Å². The molecule has 0 amide bonds. The summed E-state index contributed by atoms with van der Waals surface area (Å²) in [5, 5.41) is 3.38. The van der Waals surface area contributed by atoms with Gasteiger partial charge >= 0.3 is 0 Å². The second kappa shape index (κ2) is 12.6. The van der Waals surface area contributed by atoms with E-state index in [1.165, 1.54) is 0 Å². The molecule has 1 heterocycles. The van der Waals surface area contributed by atoms with Gasteiger partial charge in [-0.05, 0) is 43.2 Å². The number of para-hydroxylation sites is 2. The Morgan fingerprint density at radius 3 is 2.53 bits per heavy atom. The minimum absolute atomic E-state index is 0. The van der Waals surface area contributed by atoms with E-state index in [-0.39, 0.29) is 24.0 Å². The summed E-state index contributed by atoms with van der Waals surface area (Å²) in [6.45, 7) is 6.22. The van der Waals surface area contributed by atoms with Gasteiger partial charge < -0.3 is 24.4 Å². The summed E-state index contributed by atoms with van der Waals surface area (Å²) in [7, 11) is 3.73. The van der Waals surface area contributed by atoms with Gasteiger partial charge in [0, 0.05) is 32.7 Å². The Bertz CT molecular complexity index is 793. The second-order valence-corrected chi connectivity index (χ2v) is 7.18. The van der Waals surface area contributed by atoms with Crippen LogP contribution < -0.4 is 14.8 Å². The molecule has 1 saturated heterocycles. The van der Waals surface area contributed by atoms with Crippen LogP contribution in [0.25, 0.3) is 0 Å². The van der Waals surface area contributed by atoms with Crippen LogP contribution in [0.5, 0.6) is 17.2 Å². The summed E-state index contributed by atoms with van der Waals surface area (Å²) in [6, 6.07) is 15.6. The minimum Gasteiger partial charge on any atom is -0.493 e. The quantitative estimate of drug-likeness (QED) is 0.312. The lowest BCUT2D eigenvalue weighted by Gasteiger charge is -2.24. The summed E-state index contributed by atoms with van der Waals surface area (Å²) in [5.41, 5.74) is 1.13. The van der Waals surface area contributed by atoms with Gasteiger partial charge in [-0.25, -0.2) is 4.99 Å². The molecule has 0 radical (unpaired) electrons. The first-order valence-corrected chi connectivity index (χ1v) is 10.2. The molecule has 2 aromatic carbocycles. The minimum atomic E-state index is 0. The molecule has 1 atom stereocenters. The maximum absolute atomic E-state index is 5.94. The zero-order valence-corrected chi connectivity index (χ0v) is 20.3. The number of rotatable bonds is 8. The fourth-order valence-electron chi connectivity index (χ4n) is 3.33. The number of guanidine groups is 1. The van der Waals surface area contributed by atoms with E-state index >= 15 is 0 Å². The summed E-state index contributed by atoms with van der Waals surface area (Å²) >= 11 is 0. The molecule has 1 N–H and O–H groups in total. The van der Waals surface area contributed by atoms with Gasteiger partial charge in [0.15, 0.2) is 17.5 Å². The van der Waals surface area contributed by atoms with Crippen LogP contribution in [0.15, 0.2) is 53.5 Å². The molecule has 0 aromatic heterocycles. The van der Waals surface area contributed by atoms with Gasteiger partial charge in [-0.1, -0.05) is 24.3 Å². The van der Waals surface area contributed by atoms with E-state index in [2.05, 4.69) is 24.2 Å². The highest BCUT2D eigenvalue weighted by molar-refractivity contribution is 14.0. The van der Waals surface area contributed by atoms with Crippen LogP contribution in [0, 0.1) is 5.92 Å². The Balaban J connectivity index is 0.00000320. The van der Waals surface area contributed by atoms with E-state index in [0.29, 0.717) is 24.0 Å². The Labute approximate surface area is 196 Å². The van der Waals surface area contributed by atoms with Crippen LogP contribution >= 0.6 is 24.0 Å². The topological polar surface area (TPSA) is 55.3 Å². The van der Waals surface area contributed by atoms with Crippen molar-refractivity contribution in [3.05, 3.63) is 54.1 Å². The molecule has 0 saturated carbocycles. The Morgan fingerprint density at radius 1 is 1.17 bits per heavy atom. The lowest BCUT2D eigenvalue weighted by molar-refractivity contribution is 0.181. The SMILES string of the molecule is CCNC(=NCc1ccc(Oc2ccccc2OC)cc1)N(C)CC1CCOC1.I. The molecule has 1 aliphatic heterocycles. The fraction of sp³-hybridized carbons (Fsp3) is 0.435. The number of benzene rings is 2. The van der Waals surface area contributed by atoms with Crippen LogP contribution in [0.3, 0.4) is 0 Å². The predicted molar refractivity (Wildman–Crippen MR) is 131 cm³/mol. The lowest BCUT2D eigenvalue weighted by Crippen LogP contribution is -2.41. The average Bonchev–Trinajstić information content (AvgIpc) is 3.25. The number of halogens is 1. The zero-order valence-electron chi connectivity index (χ0n) is 18.0. The normalized spacial score (nSPS) is 16.0. The maximum atomic E-state index is 5.94. The molecule has 2 aromatic rings. The van der Waals surface area contributed by atoms with E-state index in [0.717, 1.165) is 50.0 Å². The van der Waals surface area contributed by atoms with E-state index in [1.807, 2.05) is 48.5 Å². The Morgan fingerprint density at radius 2 is 1.90 bits per heavy atom. The van der Waals surface area contributed by atoms with Crippen LogP contribution in [-0.4, -0.2) is 51.3 Å². The molecule has 3 rings (SSSR count). The smallest absolute Gasteiger partial charge is 0.193 e. The monoisotopic (exact) mass is 525 g/mol. The van der Waals surface area contributed by atoms with Crippen molar-refractivity contribution in [2.24, 2.45) is 10.9 Å². The van der Waals surface area contributed by atoms with Gasteiger partial charge in [-0.15, -0.1) is 24.0 Å². The van der Waals surface area contributed by atoms with Crippen molar-refractivity contribution in [1.82, 2.24) is 10.2 Å². The number of nitrogens with zero attached hydrogens (tertiary/aromatic N) is 2. The third kappa shape index (κ3) is 7.05. The van der Waals surface area contributed by atoms with Crippen LogP contribution in [0.2, 0.25) is 0 Å². The van der Waals surface area contributed by atoms with Gasteiger partial charge in [-0.3, -0.25) is 0 Å². The molecule has 0 aliphatic carbocycles. The summed E-state index contributed by atoms with van der Waals surface area (Å²) in [5.74, 6) is 3.69. The van der Waals surface area contributed by atoms with Crippen LogP contribution in [-0.2, 0) is 11.3 Å². The van der Waals surface area contributed by atoms with Gasteiger partial charge in [0.2, 0.25) is 0 Å². The summed E-state index contributed by atoms with van der Waals surface area (Å²) in [4.78, 5) is 6.99. The van der Waals surface area contributed by atoms with Gasteiger partial charge in [0.1, 0.15) is 5.75 Å². The first-order chi connectivity index (χ1) is 14.2. The van der Waals surface area contributed by atoms with Crippen LogP contribution in [0.1, 0.15) is 18.9 Å². The molecule has 0 bridgehead atoms. The van der Waals surface area contributed by atoms with Crippen molar-refractivity contribution in [3.63, 3.8) is 0 Å². The lowest BCUT2D eigenvalue weighted by atomic mass is 10.1. The molecule has 6 nitrogen and oxygen atoms in total. The van der Waals surface area contributed by atoms with Crippen molar-refractivity contribution in [1.29, 1.82) is 0 Å². The number of hydrogen-bond acceptors (Lipinski definition) is 4. The Kier molecular flexibility index (Phi) is 10.2. The summed E-state index contributed by atoms with van der Waals surface area (Å²) in [6.07, 6.45) is 1.12. The van der Waals surface area contributed by atoms with Crippen molar-refractivity contribution < 1.29 is 14.2 Å². The number of methoxy groups -OCH3 is 1. The number of hydrogen-bond donors (Lipinski definition) is 1. The molecule has 164 valence electrons.